The number of imidazole rings is 1. The number of aryl methyl sites for hydroxylation is 2. The quantitative estimate of drug-likeness (QED) is 0.721. The standard InChI is InChI=1S/C21H25N3O3/c1-13-14(2)24-10-9-16-18(21(24)22-13)23-17(15-7-5-4-6-8-15)19(25)20(16)27-12-11-26-3/h4-10,17,19-20,23,25H,11-12H2,1-3H3/t17-,19-,20-/m1/s1/i11D2,12D2. The molecule has 2 N–H and O–H groups in total. The average Bonchev–Trinajstić information content (AvgIpc) is 3.04. The van der Waals surface area contributed by atoms with Gasteiger partial charge < -0.3 is 24.3 Å². The molecule has 3 aromatic rings. The van der Waals surface area contributed by atoms with Gasteiger partial charge in [0.1, 0.15) is 12.2 Å². The number of anilines is 1. The molecule has 0 saturated heterocycles. The maximum Gasteiger partial charge on any atom is 0.161 e. The van der Waals surface area contributed by atoms with E-state index in [1.807, 2.05) is 48.6 Å². The molecule has 1 aliphatic rings. The van der Waals surface area contributed by atoms with Crippen LogP contribution in [-0.4, -0.2) is 40.8 Å². The number of benzene rings is 1. The molecule has 0 spiro atoms. The van der Waals surface area contributed by atoms with Crippen molar-refractivity contribution in [3.8, 4) is 0 Å². The first-order valence-electron chi connectivity index (χ1n) is 10.8. The number of nitrogens with one attached hydrogen (secondary N) is 1. The van der Waals surface area contributed by atoms with E-state index < -0.39 is 31.4 Å². The van der Waals surface area contributed by atoms with Gasteiger partial charge in [-0.1, -0.05) is 30.3 Å². The Kier molecular flexibility index (Phi) is 3.71. The molecule has 3 heterocycles. The molecule has 0 radical (unpaired) electrons. The minimum absolute atomic E-state index is 0.493. The van der Waals surface area contributed by atoms with Crippen LogP contribution >= 0.6 is 0 Å². The maximum absolute atomic E-state index is 11.2. The summed E-state index contributed by atoms with van der Waals surface area (Å²) in [6, 6.07) is 10.4. The van der Waals surface area contributed by atoms with E-state index in [2.05, 4.69) is 15.0 Å². The lowest BCUT2D eigenvalue weighted by atomic mass is 9.89. The van der Waals surface area contributed by atoms with Crippen LogP contribution in [0, 0.1) is 13.8 Å². The molecule has 6 nitrogen and oxygen atoms in total. The number of fused-ring (bicyclic) bond motifs is 3. The first kappa shape index (κ1) is 13.7. The van der Waals surface area contributed by atoms with Gasteiger partial charge in [0.05, 0.1) is 36.0 Å². The Bertz CT molecular complexity index is 1100. The number of aromatic nitrogens is 2. The maximum atomic E-state index is 11.2. The molecule has 0 unspecified atom stereocenters. The third kappa shape index (κ3) is 3.10. The topological polar surface area (TPSA) is 68.0 Å². The molecule has 1 aromatic carbocycles. The van der Waals surface area contributed by atoms with Gasteiger partial charge in [-0.05, 0) is 25.5 Å². The van der Waals surface area contributed by atoms with Crippen LogP contribution in [0.2, 0.25) is 0 Å². The van der Waals surface area contributed by atoms with Gasteiger partial charge in [0.2, 0.25) is 0 Å². The van der Waals surface area contributed by atoms with Gasteiger partial charge >= 0.3 is 0 Å². The van der Waals surface area contributed by atoms with E-state index in [0.717, 1.165) is 24.1 Å². The number of aliphatic hydroxyl groups is 1. The summed E-state index contributed by atoms with van der Waals surface area (Å²) in [4.78, 5) is 4.65. The monoisotopic (exact) mass is 371 g/mol. The lowest BCUT2D eigenvalue weighted by Crippen LogP contribution is -2.38. The second kappa shape index (κ2) is 7.31. The number of methoxy groups -OCH3 is 1. The van der Waals surface area contributed by atoms with Gasteiger partial charge in [0.25, 0.3) is 0 Å². The van der Waals surface area contributed by atoms with Crippen LogP contribution in [0.4, 0.5) is 5.69 Å². The van der Waals surface area contributed by atoms with E-state index in [1.165, 1.54) is 0 Å². The number of pyridine rings is 1. The molecule has 0 saturated carbocycles. The van der Waals surface area contributed by atoms with Crippen molar-refractivity contribution in [2.45, 2.75) is 32.1 Å². The zero-order valence-electron chi connectivity index (χ0n) is 19.4. The van der Waals surface area contributed by atoms with Crippen molar-refractivity contribution in [1.29, 1.82) is 0 Å². The van der Waals surface area contributed by atoms with E-state index in [0.29, 0.717) is 16.9 Å². The van der Waals surface area contributed by atoms with Crippen LogP contribution in [0.3, 0.4) is 0 Å². The van der Waals surface area contributed by atoms with Crippen LogP contribution < -0.4 is 5.32 Å². The van der Waals surface area contributed by atoms with Gasteiger partial charge in [-0.2, -0.15) is 0 Å². The molecule has 0 aliphatic carbocycles. The highest BCUT2D eigenvalue weighted by atomic mass is 16.5. The molecular weight excluding hydrogens is 342 g/mol. The average molecular weight is 371 g/mol. The van der Waals surface area contributed by atoms with E-state index in [4.69, 9.17) is 10.2 Å². The molecule has 2 aromatic heterocycles. The largest absolute Gasteiger partial charge is 0.388 e. The Labute approximate surface area is 164 Å². The van der Waals surface area contributed by atoms with Crippen molar-refractivity contribution in [2.24, 2.45) is 0 Å². The van der Waals surface area contributed by atoms with Crippen LogP contribution in [0.15, 0.2) is 42.6 Å². The number of ether oxygens (including phenoxy) is 2. The smallest absolute Gasteiger partial charge is 0.161 e. The second-order valence-electron chi connectivity index (χ2n) is 6.59. The van der Waals surface area contributed by atoms with E-state index >= 15 is 0 Å². The summed E-state index contributed by atoms with van der Waals surface area (Å²) >= 11 is 0. The Balaban J connectivity index is 1.87. The van der Waals surface area contributed by atoms with Gasteiger partial charge in [0, 0.05) is 24.6 Å². The van der Waals surface area contributed by atoms with Crippen molar-refractivity contribution >= 4 is 11.3 Å². The van der Waals surface area contributed by atoms with Crippen molar-refractivity contribution in [3.05, 3.63) is 65.1 Å². The molecule has 1 aliphatic heterocycles. The van der Waals surface area contributed by atoms with Crippen LogP contribution in [0.5, 0.6) is 0 Å². The van der Waals surface area contributed by atoms with Gasteiger partial charge in [0.15, 0.2) is 5.65 Å². The molecule has 6 heteroatoms. The highest BCUT2D eigenvalue weighted by Gasteiger charge is 2.38. The summed E-state index contributed by atoms with van der Waals surface area (Å²) in [7, 11) is 1.07. The molecule has 0 amide bonds. The lowest BCUT2D eigenvalue weighted by Gasteiger charge is -2.38. The number of nitrogens with zero attached hydrogens (tertiary/aromatic N) is 2. The summed E-state index contributed by atoms with van der Waals surface area (Å²) in [5.74, 6) is 0. The summed E-state index contributed by atoms with van der Waals surface area (Å²) < 4.78 is 44.3. The fourth-order valence-electron chi connectivity index (χ4n) is 3.54. The minimum Gasteiger partial charge on any atom is -0.388 e. The number of hydrogen-bond acceptors (Lipinski definition) is 5. The predicted octanol–water partition coefficient (Wildman–Crippen LogP) is 3.18. The third-order valence-corrected chi connectivity index (χ3v) is 5.05. The fraction of sp³-hybridized carbons (Fsp3) is 0.381. The van der Waals surface area contributed by atoms with Crippen LogP contribution in [0.1, 0.15) is 40.1 Å². The summed E-state index contributed by atoms with van der Waals surface area (Å²) in [6.07, 6.45) is -0.571. The summed E-state index contributed by atoms with van der Waals surface area (Å²) in [5, 5.41) is 14.6. The Morgan fingerprint density at radius 1 is 1.22 bits per heavy atom. The Hall–Kier alpha value is -2.41. The van der Waals surface area contributed by atoms with Crippen molar-refractivity contribution in [2.75, 3.05) is 25.5 Å². The van der Waals surface area contributed by atoms with Gasteiger partial charge in [-0.25, -0.2) is 4.98 Å². The second-order valence-corrected chi connectivity index (χ2v) is 6.59. The molecule has 3 atom stereocenters. The molecular formula is C21H25N3O3. The first-order chi connectivity index (χ1) is 14.6. The van der Waals surface area contributed by atoms with E-state index in [-0.39, 0.29) is 0 Å². The van der Waals surface area contributed by atoms with Crippen LogP contribution in [0.25, 0.3) is 5.65 Å². The Morgan fingerprint density at radius 2 is 2.00 bits per heavy atom. The Morgan fingerprint density at radius 3 is 2.74 bits per heavy atom. The van der Waals surface area contributed by atoms with Crippen molar-refractivity contribution < 1.29 is 20.1 Å². The fourth-order valence-corrected chi connectivity index (χ4v) is 3.54. The minimum atomic E-state index is -2.82. The summed E-state index contributed by atoms with van der Waals surface area (Å²) in [6.45, 7) is -1.68. The number of aliphatic hydroxyl groups excluding tert-OH is 1. The molecule has 4 rings (SSSR count). The molecule has 0 fully saturated rings. The summed E-state index contributed by atoms with van der Waals surface area (Å²) in [5.41, 5.74) is 4.33. The van der Waals surface area contributed by atoms with Crippen molar-refractivity contribution in [1.82, 2.24) is 9.38 Å². The highest BCUT2D eigenvalue weighted by molar-refractivity contribution is 5.75. The lowest BCUT2D eigenvalue weighted by molar-refractivity contribution is -0.0633. The van der Waals surface area contributed by atoms with Crippen molar-refractivity contribution in [3.63, 3.8) is 0 Å². The van der Waals surface area contributed by atoms with Gasteiger partial charge in [-0.15, -0.1) is 0 Å². The predicted molar refractivity (Wildman–Crippen MR) is 104 cm³/mol. The van der Waals surface area contributed by atoms with E-state index in [9.17, 15) is 5.11 Å². The van der Waals surface area contributed by atoms with E-state index in [1.54, 1.807) is 12.3 Å². The zero-order valence-corrected chi connectivity index (χ0v) is 15.4. The SMILES string of the molecule is [2H]C([2H])(OC)C([2H])([2H])O[C@@H]1c2ccn3c(C)c(C)nc3c2N[C@H](c2ccccc2)[C@H]1O. The normalized spacial score (nSPS) is 25.1. The van der Waals surface area contributed by atoms with Gasteiger partial charge in [-0.3, -0.25) is 0 Å². The zero-order chi connectivity index (χ0) is 22.6. The molecule has 142 valence electrons. The number of rotatable bonds is 5. The highest BCUT2D eigenvalue weighted by Crippen LogP contribution is 2.43. The third-order valence-electron chi connectivity index (χ3n) is 5.05. The van der Waals surface area contributed by atoms with Crippen LogP contribution in [-0.2, 0) is 9.47 Å². The first-order valence-corrected chi connectivity index (χ1v) is 8.78. The number of hydrogen-bond donors (Lipinski definition) is 2. The molecule has 0 bridgehead atoms. The molecule has 27 heavy (non-hydrogen) atoms.